The number of anilines is 3. The molecule has 0 unspecified atom stereocenters. The Bertz CT molecular complexity index is 1070. The lowest BCUT2D eigenvalue weighted by Crippen LogP contribution is -2.02. The molecule has 4 rings (SSSR count). The second kappa shape index (κ2) is 6.07. The van der Waals surface area contributed by atoms with E-state index in [1.54, 1.807) is 6.20 Å². The van der Waals surface area contributed by atoms with Gasteiger partial charge in [0.2, 0.25) is 5.95 Å². The minimum absolute atomic E-state index is 0.196. The zero-order valence-electron chi connectivity index (χ0n) is 13.4. The van der Waals surface area contributed by atoms with Crippen molar-refractivity contribution < 1.29 is 0 Å². The third-order valence-corrected chi connectivity index (χ3v) is 4.17. The average Bonchev–Trinajstić information content (AvgIpc) is 3.04. The maximum Gasteiger partial charge on any atom is 0.222 e. The van der Waals surface area contributed by atoms with Gasteiger partial charge in [-0.25, -0.2) is 4.98 Å². The third kappa shape index (κ3) is 3.12. The summed E-state index contributed by atoms with van der Waals surface area (Å²) in [6.07, 6.45) is 1.78. The Morgan fingerprint density at radius 3 is 2.84 bits per heavy atom. The maximum atomic E-state index is 6.12. The SMILES string of the molecule is Cc1ccc(Cl)cc1-c1cc(Nc2ccc3cn[nH]c3c2)nc(N)n1. The molecular weight excluding hydrogens is 336 g/mol. The largest absolute Gasteiger partial charge is 0.368 e. The number of hydrogen-bond acceptors (Lipinski definition) is 5. The highest BCUT2D eigenvalue weighted by Gasteiger charge is 2.09. The molecule has 0 amide bonds. The topological polar surface area (TPSA) is 92.5 Å². The molecule has 2 aromatic heterocycles. The molecule has 4 N–H and O–H groups in total. The van der Waals surface area contributed by atoms with Gasteiger partial charge >= 0.3 is 0 Å². The van der Waals surface area contributed by atoms with Gasteiger partial charge in [0.15, 0.2) is 0 Å². The minimum Gasteiger partial charge on any atom is -0.368 e. The van der Waals surface area contributed by atoms with Crippen LogP contribution in [0.2, 0.25) is 5.02 Å². The minimum atomic E-state index is 0.196. The van der Waals surface area contributed by atoms with Crippen molar-refractivity contribution >= 4 is 40.0 Å². The molecule has 124 valence electrons. The quantitative estimate of drug-likeness (QED) is 0.512. The first-order valence-corrected chi connectivity index (χ1v) is 8.07. The summed E-state index contributed by atoms with van der Waals surface area (Å²) < 4.78 is 0. The first kappa shape index (κ1) is 15.4. The van der Waals surface area contributed by atoms with Gasteiger partial charge in [-0.2, -0.15) is 10.1 Å². The van der Waals surface area contributed by atoms with Gasteiger partial charge in [0.05, 0.1) is 17.4 Å². The number of nitrogen functional groups attached to an aromatic ring is 1. The Labute approximate surface area is 149 Å². The number of nitrogens with two attached hydrogens (primary N) is 1. The van der Waals surface area contributed by atoms with Gasteiger partial charge < -0.3 is 11.1 Å². The fourth-order valence-corrected chi connectivity index (χ4v) is 2.87. The summed E-state index contributed by atoms with van der Waals surface area (Å²) in [5, 5.41) is 11.9. The molecule has 6 nitrogen and oxygen atoms in total. The van der Waals surface area contributed by atoms with Crippen LogP contribution in [0.4, 0.5) is 17.5 Å². The van der Waals surface area contributed by atoms with E-state index in [0.29, 0.717) is 10.8 Å². The molecule has 0 radical (unpaired) electrons. The third-order valence-electron chi connectivity index (χ3n) is 3.93. The highest BCUT2D eigenvalue weighted by Crippen LogP contribution is 2.28. The zero-order chi connectivity index (χ0) is 17.4. The molecule has 0 saturated carbocycles. The van der Waals surface area contributed by atoms with E-state index in [1.807, 2.05) is 49.4 Å². The number of H-pyrrole nitrogens is 1. The van der Waals surface area contributed by atoms with E-state index in [2.05, 4.69) is 25.5 Å². The van der Waals surface area contributed by atoms with Crippen LogP contribution in [0.1, 0.15) is 5.56 Å². The van der Waals surface area contributed by atoms with E-state index < -0.39 is 0 Å². The van der Waals surface area contributed by atoms with Crippen molar-refractivity contribution in [3.05, 3.63) is 59.2 Å². The van der Waals surface area contributed by atoms with E-state index in [-0.39, 0.29) is 5.95 Å². The number of aromatic amines is 1. The normalized spacial score (nSPS) is 11.0. The zero-order valence-corrected chi connectivity index (χ0v) is 14.2. The molecule has 2 heterocycles. The van der Waals surface area contributed by atoms with Crippen LogP contribution in [0, 0.1) is 6.92 Å². The lowest BCUT2D eigenvalue weighted by Gasteiger charge is -2.10. The number of nitrogens with zero attached hydrogens (tertiary/aromatic N) is 3. The highest BCUT2D eigenvalue weighted by molar-refractivity contribution is 6.30. The van der Waals surface area contributed by atoms with E-state index >= 15 is 0 Å². The molecular formula is C18H15ClN6. The molecule has 7 heteroatoms. The second-order valence-corrected chi connectivity index (χ2v) is 6.19. The van der Waals surface area contributed by atoms with Crippen molar-refractivity contribution in [3.8, 4) is 11.3 Å². The Balaban J connectivity index is 1.73. The molecule has 0 bridgehead atoms. The number of aryl methyl sites for hydroxylation is 1. The average molecular weight is 351 g/mol. The number of nitrogens with one attached hydrogen (secondary N) is 2. The van der Waals surface area contributed by atoms with Crippen LogP contribution >= 0.6 is 11.6 Å². The van der Waals surface area contributed by atoms with E-state index in [9.17, 15) is 0 Å². The van der Waals surface area contributed by atoms with Crippen LogP contribution in [0.5, 0.6) is 0 Å². The van der Waals surface area contributed by atoms with Crippen molar-refractivity contribution in [2.24, 2.45) is 0 Å². The molecule has 0 aliphatic rings. The Morgan fingerprint density at radius 1 is 1.08 bits per heavy atom. The first-order valence-electron chi connectivity index (χ1n) is 7.70. The summed E-state index contributed by atoms with van der Waals surface area (Å²) in [7, 11) is 0. The van der Waals surface area contributed by atoms with Gasteiger partial charge in [-0.3, -0.25) is 5.10 Å². The molecule has 25 heavy (non-hydrogen) atoms. The Kier molecular flexibility index (Phi) is 3.74. The summed E-state index contributed by atoms with van der Waals surface area (Å²) >= 11 is 6.12. The van der Waals surface area contributed by atoms with Gasteiger partial charge in [-0.1, -0.05) is 17.7 Å². The molecule has 2 aromatic carbocycles. The summed E-state index contributed by atoms with van der Waals surface area (Å²) in [6, 6.07) is 13.4. The fourth-order valence-electron chi connectivity index (χ4n) is 2.70. The van der Waals surface area contributed by atoms with Crippen LogP contribution < -0.4 is 11.1 Å². The predicted octanol–water partition coefficient (Wildman–Crippen LogP) is 4.31. The number of rotatable bonds is 3. The summed E-state index contributed by atoms with van der Waals surface area (Å²) in [6.45, 7) is 2.00. The number of hydrogen-bond donors (Lipinski definition) is 3. The monoisotopic (exact) mass is 350 g/mol. The van der Waals surface area contributed by atoms with Gasteiger partial charge in [0.25, 0.3) is 0 Å². The number of aromatic nitrogens is 4. The van der Waals surface area contributed by atoms with E-state index in [0.717, 1.165) is 33.4 Å². The van der Waals surface area contributed by atoms with E-state index in [4.69, 9.17) is 17.3 Å². The number of halogens is 1. The summed E-state index contributed by atoms with van der Waals surface area (Å²) in [5.41, 5.74) is 10.4. The Morgan fingerprint density at radius 2 is 1.96 bits per heavy atom. The standard InChI is InChI=1S/C18H15ClN6/c1-10-2-4-12(19)6-14(10)16-8-17(24-18(20)23-16)22-13-5-3-11-9-21-25-15(11)7-13/h2-9H,1H3,(H,21,25)(H3,20,22,23,24). The molecule has 0 aliphatic heterocycles. The Hall–Kier alpha value is -3.12. The second-order valence-electron chi connectivity index (χ2n) is 5.75. The molecule has 0 fully saturated rings. The van der Waals surface area contributed by atoms with Gasteiger partial charge in [-0.15, -0.1) is 0 Å². The van der Waals surface area contributed by atoms with Crippen LogP contribution in [-0.2, 0) is 0 Å². The van der Waals surface area contributed by atoms with Crippen molar-refractivity contribution in [2.45, 2.75) is 6.92 Å². The maximum absolute atomic E-state index is 6.12. The summed E-state index contributed by atoms with van der Waals surface area (Å²) in [4.78, 5) is 8.61. The molecule has 0 saturated heterocycles. The molecule has 0 atom stereocenters. The lowest BCUT2D eigenvalue weighted by atomic mass is 10.1. The van der Waals surface area contributed by atoms with E-state index in [1.165, 1.54) is 0 Å². The van der Waals surface area contributed by atoms with Crippen LogP contribution in [0.15, 0.2) is 48.7 Å². The van der Waals surface area contributed by atoms with Crippen molar-refractivity contribution in [1.29, 1.82) is 0 Å². The highest BCUT2D eigenvalue weighted by atomic mass is 35.5. The number of fused-ring (bicyclic) bond motifs is 1. The predicted molar refractivity (Wildman–Crippen MR) is 101 cm³/mol. The van der Waals surface area contributed by atoms with Gasteiger partial charge in [0.1, 0.15) is 5.82 Å². The van der Waals surface area contributed by atoms with Crippen LogP contribution in [0.25, 0.3) is 22.2 Å². The number of benzene rings is 2. The lowest BCUT2D eigenvalue weighted by molar-refractivity contribution is 1.12. The van der Waals surface area contributed by atoms with Gasteiger partial charge in [0, 0.05) is 27.7 Å². The van der Waals surface area contributed by atoms with Crippen molar-refractivity contribution in [3.63, 3.8) is 0 Å². The first-order chi connectivity index (χ1) is 12.1. The molecule has 0 aliphatic carbocycles. The molecule has 4 aromatic rings. The van der Waals surface area contributed by atoms with Crippen molar-refractivity contribution in [2.75, 3.05) is 11.1 Å². The van der Waals surface area contributed by atoms with Crippen LogP contribution in [-0.4, -0.2) is 20.2 Å². The summed E-state index contributed by atoms with van der Waals surface area (Å²) in [5.74, 6) is 0.808. The fraction of sp³-hybridized carbons (Fsp3) is 0.0556. The van der Waals surface area contributed by atoms with Gasteiger partial charge in [-0.05, 0) is 42.8 Å². The van der Waals surface area contributed by atoms with Crippen molar-refractivity contribution in [1.82, 2.24) is 20.2 Å². The van der Waals surface area contributed by atoms with Crippen LogP contribution in [0.3, 0.4) is 0 Å². The smallest absolute Gasteiger partial charge is 0.222 e. The molecule has 0 spiro atoms.